The Kier molecular flexibility index (Phi) is 3.85. The van der Waals surface area contributed by atoms with Crippen LogP contribution in [0, 0.1) is 19.8 Å². The summed E-state index contributed by atoms with van der Waals surface area (Å²) in [4.78, 5) is 0. The summed E-state index contributed by atoms with van der Waals surface area (Å²) in [7, 11) is 0. The molecule has 2 unspecified atom stereocenters. The number of ether oxygens (including phenoxy) is 1. The van der Waals surface area contributed by atoms with Gasteiger partial charge in [0.2, 0.25) is 0 Å². The standard InChI is InChI=1S/C15H22O2/c1-4-17-15(12-6-7-12)14(16)13-8-5-10(2)9-11(13)3/h5,8-9,12,14-16H,4,6-7H2,1-3H3. The van der Waals surface area contributed by atoms with Gasteiger partial charge < -0.3 is 9.84 Å². The van der Waals surface area contributed by atoms with Crippen LogP contribution in [0.25, 0.3) is 0 Å². The predicted molar refractivity (Wildman–Crippen MR) is 69.0 cm³/mol. The van der Waals surface area contributed by atoms with Crippen LogP contribution in [0.5, 0.6) is 0 Å². The second-order valence-corrected chi connectivity index (χ2v) is 5.06. The molecule has 0 radical (unpaired) electrons. The van der Waals surface area contributed by atoms with Crippen molar-refractivity contribution in [3.05, 3.63) is 34.9 Å². The molecule has 1 saturated carbocycles. The molecule has 2 nitrogen and oxygen atoms in total. The first-order valence-corrected chi connectivity index (χ1v) is 6.50. The van der Waals surface area contributed by atoms with Crippen molar-refractivity contribution < 1.29 is 9.84 Å². The Balaban J connectivity index is 2.18. The fraction of sp³-hybridized carbons (Fsp3) is 0.600. The summed E-state index contributed by atoms with van der Waals surface area (Å²) in [6.45, 7) is 6.79. The molecule has 0 spiro atoms. The van der Waals surface area contributed by atoms with E-state index in [2.05, 4.69) is 26.0 Å². The maximum atomic E-state index is 10.5. The minimum absolute atomic E-state index is 0.0265. The zero-order valence-corrected chi connectivity index (χ0v) is 10.9. The molecule has 2 rings (SSSR count). The lowest BCUT2D eigenvalue weighted by Crippen LogP contribution is -2.25. The van der Waals surface area contributed by atoms with Gasteiger partial charge in [-0.15, -0.1) is 0 Å². The molecule has 0 bridgehead atoms. The van der Waals surface area contributed by atoms with E-state index < -0.39 is 6.10 Å². The number of aliphatic hydroxyl groups is 1. The molecule has 0 amide bonds. The second kappa shape index (κ2) is 5.19. The van der Waals surface area contributed by atoms with Crippen molar-refractivity contribution in [3.63, 3.8) is 0 Å². The zero-order chi connectivity index (χ0) is 12.4. The van der Waals surface area contributed by atoms with Crippen LogP contribution in [0.15, 0.2) is 18.2 Å². The number of aliphatic hydroxyl groups excluding tert-OH is 1. The van der Waals surface area contributed by atoms with Crippen LogP contribution >= 0.6 is 0 Å². The van der Waals surface area contributed by atoms with E-state index in [9.17, 15) is 5.11 Å². The van der Waals surface area contributed by atoms with Crippen LogP contribution < -0.4 is 0 Å². The molecule has 17 heavy (non-hydrogen) atoms. The van der Waals surface area contributed by atoms with E-state index in [0.29, 0.717) is 12.5 Å². The molecular formula is C15H22O2. The molecule has 0 saturated heterocycles. The van der Waals surface area contributed by atoms with Gasteiger partial charge in [0.1, 0.15) is 6.10 Å². The molecule has 2 atom stereocenters. The second-order valence-electron chi connectivity index (χ2n) is 5.06. The highest BCUT2D eigenvalue weighted by molar-refractivity contribution is 5.32. The first kappa shape index (κ1) is 12.6. The molecule has 1 fully saturated rings. The molecule has 1 aromatic carbocycles. The monoisotopic (exact) mass is 234 g/mol. The Hall–Kier alpha value is -0.860. The maximum absolute atomic E-state index is 10.5. The quantitative estimate of drug-likeness (QED) is 0.848. The third-order valence-corrected chi connectivity index (χ3v) is 3.50. The summed E-state index contributed by atoms with van der Waals surface area (Å²) in [5.74, 6) is 0.547. The lowest BCUT2D eigenvalue weighted by Gasteiger charge is -2.24. The SMILES string of the molecule is CCOC(C1CC1)C(O)c1ccc(C)cc1C. The minimum Gasteiger partial charge on any atom is -0.386 e. The molecule has 1 aliphatic carbocycles. The van der Waals surface area contributed by atoms with E-state index in [1.165, 1.54) is 18.4 Å². The molecule has 1 aromatic rings. The third kappa shape index (κ3) is 2.88. The minimum atomic E-state index is -0.483. The maximum Gasteiger partial charge on any atom is 0.106 e. The zero-order valence-electron chi connectivity index (χ0n) is 10.9. The van der Waals surface area contributed by atoms with Gasteiger partial charge in [-0.1, -0.05) is 23.8 Å². The first-order chi connectivity index (χ1) is 8.13. The number of aryl methyl sites for hydroxylation is 2. The Morgan fingerprint density at radius 1 is 1.35 bits per heavy atom. The van der Waals surface area contributed by atoms with Crippen molar-refractivity contribution in [2.45, 2.75) is 45.8 Å². The number of benzene rings is 1. The Morgan fingerprint density at radius 2 is 2.06 bits per heavy atom. The molecule has 0 aromatic heterocycles. The van der Waals surface area contributed by atoms with E-state index >= 15 is 0 Å². The van der Waals surface area contributed by atoms with Crippen molar-refractivity contribution in [1.29, 1.82) is 0 Å². The lowest BCUT2D eigenvalue weighted by molar-refractivity contribution is -0.0464. The summed E-state index contributed by atoms with van der Waals surface area (Å²) < 4.78 is 5.72. The number of hydrogen-bond acceptors (Lipinski definition) is 2. The smallest absolute Gasteiger partial charge is 0.106 e. The van der Waals surface area contributed by atoms with E-state index in [1.807, 2.05) is 13.0 Å². The van der Waals surface area contributed by atoms with E-state index in [1.54, 1.807) is 0 Å². The molecule has 0 aliphatic heterocycles. The van der Waals surface area contributed by atoms with Gasteiger partial charge in [-0.05, 0) is 50.7 Å². The average molecular weight is 234 g/mol. The van der Waals surface area contributed by atoms with Crippen molar-refractivity contribution in [2.75, 3.05) is 6.61 Å². The van der Waals surface area contributed by atoms with Crippen LogP contribution in [0.3, 0.4) is 0 Å². The molecule has 1 N–H and O–H groups in total. The van der Waals surface area contributed by atoms with Gasteiger partial charge in [-0.3, -0.25) is 0 Å². The van der Waals surface area contributed by atoms with Crippen LogP contribution in [0.4, 0.5) is 0 Å². The van der Waals surface area contributed by atoms with E-state index in [4.69, 9.17) is 4.74 Å². The van der Waals surface area contributed by atoms with Crippen LogP contribution in [0.1, 0.15) is 42.6 Å². The van der Waals surface area contributed by atoms with Gasteiger partial charge >= 0.3 is 0 Å². The predicted octanol–water partition coefficient (Wildman–Crippen LogP) is 3.15. The molecule has 0 heterocycles. The molecular weight excluding hydrogens is 212 g/mol. The Morgan fingerprint density at radius 3 is 2.59 bits per heavy atom. The highest BCUT2D eigenvalue weighted by Gasteiger charge is 2.37. The van der Waals surface area contributed by atoms with Gasteiger partial charge in [-0.2, -0.15) is 0 Å². The van der Waals surface area contributed by atoms with Gasteiger partial charge in [0.05, 0.1) is 6.10 Å². The Bertz CT molecular complexity index is 383. The molecule has 94 valence electrons. The highest BCUT2D eigenvalue weighted by atomic mass is 16.5. The van der Waals surface area contributed by atoms with Gasteiger partial charge in [0.15, 0.2) is 0 Å². The summed E-state index contributed by atoms with van der Waals surface area (Å²) in [5.41, 5.74) is 3.40. The van der Waals surface area contributed by atoms with Crippen molar-refractivity contribution in [3.8, 4) is 0 Å². The fourth-order valence-corrected chi connectivity index (χ4v) is 2.44. The van der Waals surface area contributed by atoms with E-state index in [0.717, 1.165) is 11.1 Å². The number of rotatable bonds is 5. The summed E-state index contributed by atoms with van der Waals surface area (Å²) in [6, 6.07) is 6.21. The molecule has 2 heteroatoms. The van der Waals surface area contributed by atoms with Crippen molar-refractivity contribution in [1.82, 2.24) is 0 Å². The lowest BCUT2D eigenvalue weighted by atomic mass is 9.95. The third-order valence-electron chi connectivity index (χ3n) is 3.50. The largest absolute Gasteiger partial charge is 0.386 e. The van der Waals surface area contributed by atoms with Gasteiger partial charge in [0, 0.05) is 6.61 Å². The van der Waals surface area contributed by atoms with Crippen LogP contribution in [-0.4, -0.2) is 17.8 Å². The summed E-state index contributed by atoms with van der Waals surface area (Å²) in [6.07, 6.45) is 1.86. The summed E-state index contributed by atoms with van der Waals surface area (Å²) >= 11 is 0. The van der Waals surface area contributed by atoms with Crippen LogP contribution in [0.2, 0.25) is 0 Å². The topological polar surface area (TPSA) is 29.5 Å². The van der Waals surface area contributed by atoms with Gasteiger partial charge in [-0.25, -0.2) is 0 Å². The highest BCUT2D eigenvalue weighted by Crippen LogP contribution is 2.40. The first-order valence-electron chi connectivity index (χ1n) is 6.50. The van der Waals surface area contributed by atoms with Crippen molar-refractivity contribution >= 4 is 0 Å². The fourth-order valence-electron chi connectivity index (χ4n) is 2.44. The molecule has 1 aliphatic rings. The van der Waals surface area contributed by atoms with E-state index in [-0.39, 0.29) is 6.10 Å². The normalized spacial score (nSPS) is 19.1. The van der Waals surface area contributed by atoms with Crippen molar-refractivity contribution in [2.24, 2.45) is 5.92 Å². The van der Waals surface area contributed by atoms with Gasteiger partial charge in [0.25, 0.3) is 0 Å². The Labute approximate surface area is 104 Å². The number of hydrogen-bond donors (Lipinski definition) is 1. The van der Waals surface area contributed by atoms with Crippen LogP contribution in [-0.2, 0) is 4.74 Å². The summed E-state index contributed by atoms with van der Waals surface area (Å²) in [5, 5.41) is 10.5. The average Bonchev–Trinajstić information content (AvgIpc) is 3.09.